The van der Waals surface area contributed by atoms with Gasteiger partial charge in [-0.3, -0.25) is 0 Å². The Hall–Kier alpha value is -0.930. The Balaban J connectivity index is 1.37. The van der Waals surface area contributed by atoms with E-state index >= 15 is 0 Å². The molecular weight excluding hydrogens is 263 g/mol. The SMILES string of the molecule is Fc1ccc(C(NC2CCN(C3CC3)CC2)C2CC2)cc1. The molecule has 2 aliphatic carbocycles. The summed E-state index contributed by atoms with van der Waals surface area (Å²) in [4.78, 5) is 2.67. The van der Waals surface area contributed by atoms with Crippen LogP contribution in [-0.4, -0.2) is 30.1 Å². The molecular formula is C18H25FN2. The summed E-state index contributed by atoms with van der Waals surface area (Å²) in [6.07, 6.45) is 7.99. The Morgan fingerprint density at radius 3 is 2.19 bits per heavy atom. The lowest BCUT2D eigenvalue weighted by molar-refractivity contribution is 0.180. The van der Waals surface area contributed by atoms with E-state index < -0.39 is 0 Å². The lowest BCUT2D eigenvalue weighted by atomic mass is 9.98. The zero-order chi connectivity index (χ0) is 14.2. The zero-order valence-electron chi connectivity index (χ0n) is 12.6. The van der Waals surface area contributed by atoms with Crippen molar-refractivity contribution >= 4 is 0 Å². The fraction of sp³-hybridized carbons (Fsp3) is 0.667. The molecule has 4 rings (SSSR count). The average molecular weight is 288 g/mol. The van der Waals surface area contributed by atoms with Crippen LogP contribution in [0.1, 0.15) is 50.1 Å². The van der Waals surface area contributed by atoms with Crippen molar-refractivity contribution < 1.29 is 4.39 Å². The number of rotatable bonds is 5. The molecule has 1 aromatic carbocycles. The second-order valence-electron chi connectivity index (χ2n) is 7.07. The third kappa shape index (κ3) is 3.29. The van der Waals surface area contributed by atoms with E-state index in [9.17, 15) is 4.39 Å². The standard InChI is InChI=1S/C18H25FN2/c19-15-5-3-14(4-6-15)18(13-1-2-13)20-16-9-11-21(12-10-16)17-7-8-17/h3-6,13,16-18,20H,1-2,7-12H2. The lowest BCUT2D eigenvalue weighted by Gasteiger charge is -2.35. The van der Waals surface area contributed by atoms with Gasteiger partial charge in [-0.05, 0) is 75.2 Å². The topological polar surface area (TPSA) is 15.3 Å². The quantitative estimate of drug-likeness (QED) is 0.892. The van der Waals surface area contributed by atoms with Gasteiger partial charge in [-0.2, -0.15) is 0 Å². The van der Waals surface area contributed by atoms with E-state index in [0.29, 0.717) is 12.1 Å². The number of hydrogen-bond acceptors (Lipinski definition) is 2. The molecule has 0 aromatic heterocycles. The lowest BCUT2D eigenvalue weighted by Crippen LogP contribution is -2.44. The van der Waals surface area contributed by atoms with Crippen LogP contribution in [0.15, 0.2) is 24.3 Å². The Morgan fingerprint density at radius 1 is 0.952 bits per heavy atom. The number of likely N-dealkylation sites (tertiary alicyclic amines) is 1. The third-order valence-corrected chi connectivity index (χ3v) is 5.33. The molecule has 3 aliphatic rings. The van der Waals surface area contributed by atoms with E-state index in [2.05, 4.69) is 10.2 Å². The van der Waals surface area contributed by atoms with Crippen LogP contribution in [0.5, 0.6) is 0 Å². The van der Waals surface area contributed by atoms with Crippen molar-refractivity contribution in [2.75, 3.05) is 13.1 Å². The predicted octanol–water partition coefficient (Wildman–Crippen LogP) is 3.49. The minimum absolute atomic E-state index is 0.133. The maximum Gasteiger partial charge on any atom is 0.123 e. The summed E-state index contributed by atoms with van der Waals surface area (Å²) in [7, 11) is 0. The second-order valence-corrected chi connectivity index (χ2v) is 7.07. The van der Waals surface area contributed by atoms with E-state index in [0.717, 1.165) is 12.0 Å². The second kappa shape index (κ2) is 5.69. The normalized spacial score (nSPS) is 26.0. The van der Waals surface area contributed by atoms with Crippen LogP contribution in [0.25, 0.3) is 0 Å². The first-order valence-electron chi connectivity index (χ1n) is 8.55. The maximum absolute atomic E-state index is 13.1. The molecule has 1 heterocycles. The highest BCUT2D eigenvalue weighted by atomic mass is 19.1. The molecule has 0 amide bonds. The van der Waals surface area contributed by atoms with Gasteiger partial charge in [-0.25, -0.2) is 4.39 Å². The monoisotopic (exact) mass is 288 g/mol. The summed E-state index contributed by atoms with van der Waals surface area (Å²) in [6.45, 7) is 2.51. The van der Waals surface area contributed by atoms with Crippen LogP contribution < -0.4 is 5.32 Å². The van der Waals surface area contributed by atoms with Gasteiger partial charge in [0, 0.05) is 18.1 Å². The molecule has 1 saturated heterocycles. The molecule has 2 saturated carbocycles. The van der Waals surface area contributed by atoms with Crippen molar-refractivity contribution in [2.24, 2.45) is 5.92 Å². The van der Waals surface area contributed by atoms with Gasteiger partial charge < -0.3 is 10.2 Å². The molecule has 0 bridgehead atoms. The predicted molar refractivity (Wildman–Crippen MR) is 82.6 cm³/mol. The molecule has 21 heavy (non-hydrogen) atoms. The van der Waals surface area contributed by atoms with Crippen molar-refractivity contribution in [3.8, 4) is 0 Å². The Morgan fingerprint density at radius 2 is 1.62 bits per heavy atom. The van der Waals surface area contributed by atoms with Gasteiger partial charge in [0.1, 0.15) is 5.82 Å². The first-order chi connectivity index (χ1) is 10.3. The van der Waals surface area contributed by atoms with Gasteiger partial charge in [0.2, 0.25) is 0 Å². The molecule has 1 N–H and O–H groups in total. The highest BCUT2D eigenvalue weighted by molar-refractivity contribution is 5.22. The van der Waals surface area contributed by atoms with Gasteiger partial charge in [0.25, 0.3) is 0 Å². The summed E-state index contributed by atoms with van der Waals surface area (Å²) in [6, 6.07) is 9.10. The summed E-state index contributed by atoms with van der Waals surface area (Å²) in [5.74, 6) is 0.628. The summed E-state index contributed by atoms with van der Waals surface area (Å²) in [5.41, 5.74) is 1.27. The molecule has 3 heteroatoms. The summed E-state index contributed by atoms with van der Waals surface area (Å²) >= 11 is 0. The van der Waals surface area contributed by atoms with Gasteiger partial charge >= 0.3 is 0 Å². The molecule has 1 atom stereocenters. The smallest absolute Gasteiger partial charge is 0.123 e. The fourth-order valence-corrected chi connectivity index (χ4v) is 3.73. The van der Waals surface area contributed by atoms with E-state index in [-0.39, 0.29) is 5.82 Å². The number of halogens is 1. The molecule has 3 fully saturated rings. The molecule has 1 aromatic rings. The Labute approximate surface area is 126 Å². The van der Waals surface area contributed by atoms with Crippen LogP contribution in [-0.2, 0) is 0 Å². The summed E-state index contributed by atoms with van der Waals surface area (Å²) < 4.78 is 13.1. The fourth-order valence-electron chi connectivity index (χ4n) is 3.73. The molecule has 2 nitrogen and oxygen atoms in total. The number of benzene rings is 1. The average Bonchev–Trinajstić information content (AvgIpc) is 3.40. The molecule has 0 radical (unpaired) electrons. The van der Waals surface area contributed by atoms with Gasteiger partial charge in [0.15, 0.2) is 0 Å². The van der Waals surface area contributed by atoms with Crippen molar-refractivity contribution in [1.29, 1.82) is 0 Å². The van der Waals surface area contributed by atoms with E-state index in [1.807, 2.05) is 12.1 Å². The highest BCUT2D eigenvalue weighted by Gasteiger charge is 2.36. The number of hydrogen-bond donors (Lipinski definition) is 1. The van der Waals surface area contributed by atoms with Crippen LogP contribution in [0, 0.1) is 11.7 Å². The van der Waals surface area contributed by atoms with Crippen LogP contribution in [0.2, 0.25) is 0 Å². The molecule has 0 spiro atoms. The van der Waals surface area contributed by atoms with Crippen LogP contribution in [0.4, 0.5) is 4.39 Å². The number of piperidine rings is 1. The van der Waals surface area contributed by atoms with Crippen molar-refractivity contribution in [3.63, 3.8) is 0 Å². The minimum Gasteiger partial charge on any atom is -0.307 e. The number of nitrogens with one attached hydrogen (secondary N) is 1. The first kappa shape index (κ1) is 13.7. The molecule has 114 valence electrons. The van der Waals surface area contributed by atoms with E-state index in [4.69, 9.17) is 0 Å². The van der Waals surface area contributed by atoms with Crippen molar-refractivity contribution in [1.82, 2.24) is 10.2 Å². The first-order valence-corrected chi connectivity index (χ1v) is 8.55. The highest BCUT2D eigenvalue weighted by Crippen LogP contribution is 2.42. The largest absolute Gasteiger partial charge is 0.307 e. The third-order valence-electron chi connectivity index (χ3n) is 5.33. The Kier molecular flexibility index (Phi) is 3.72. The molecule has 1 aliphatic heterocycles. The van der Waals surface area contributed by atoms with E-state index in [1.54, 1.807) is 12.1 Å². The van der Waals surface area contributed by atoms with Crippen LogP contribution in [0.3, 0.4) is 0 Å². The zero-order valence-corrected chi connectivity index (χ0v) is 12.6. The van der Waals surface area contributed by atoms with E-state index in [1.165, 1.54) is 57.2 Å². The maximum atomic E-state index is 13.1. The molecule has 1 unspecified atom stereocenters. The van der Waals surface area contributed by atoms with Crippen molar-refractivity contribution in [2.45, 2.75) is 56.7 Å². The van der Waals surface area contributed by atoms with Gasteiger partial charge in [-0.15, -0.1) is 0 Å². The van der Waals surface area contributed by atoms with Gasteiger partial charge in [0.05, 0.1) is 0 Å². The van der Waals surface area contributed by atoms with Crippen molar-refractivity contribution in [3.05, 3.63) is 35.6 Å². The Bertz CT molecular complexity index is 470. The number of nitrogens with zero attached hydrogens (tertiary/aromatic N) is 1. The van der Waals surface area contributed by atoms with Gasteiger partial charge in [-0.1, -0.05) is 12.1 Å². The van der Waals surface area contributed by atoms with Crippen LogP contribution >= 0.6 is 0 Å². The minimum atomic E-state index is -0.133. The summed E-state index contributed by atoms with van der Waals surface area (Å²) in [5, 5.41) is 3.88.